The highest BCUT2D eigenvalue weighted by atomic mass is 16.5. The van der Waals surface area contributed by atoms with E-state index < -0.39 is 5.91 Å². The van der Waals surface area contributed by atoms with E-state index in [4.69, 9.17) is 9.47 Å². The quantitative estimate of drug-likeness (QED) is 0.687. The third-order valence-corrected chi connectivity index (χ3v) is 3.82. The molecule has 0 fully saturated rings. The fraction of sp³-hybridized carbons (Fsp3) is 0.200. The number of methoxy groups -OCH3 is 1. The predicted octanol–water partition coefficient (Wildman–Crippen LogP) is 3.29. The van der Waals surface area contributed by atoms with Gasteiger partial charge in [0, 0.05) is 16.7 Å². The number of para-hydroxylation sites is 1. The molecule has 128 valence electrons. The van der Waals surface area contributed by atoms with Crippen LogP contribution in [0.1, 0.15) is 35.3 Å². The molecule has 0 radical (unpaired) electrons. The van der Waals surface area contributed by atoms with E-state index in [0.29, 0.717) is 33.8 Å². The van der Waals surface area contributed by atoms with Crippen molar-refractivity contribution in [1.82, 2.24) is 5.32 Å². The van der Waals surface area contributed by atoms with Crippen LogP contribution < -0.4 is 14.8 Å². The van der Waals surface area contributed by atoms with E-state index in [1.165, 1.54) is 0 Å². The minimum Gasteiger partial charge on any atom is -0.493 e. The Kier molecular flexibility index (Phi) is 4.57. The van der Waals surface area contributed by atoms with Gasteiger partial charge in [-0.05, 0) is 37.6 Å². The molecule has 0 aliphatic carbocycles. The summed E-state index contributed by atoms with van der Waals surface area (Å²) in [4.78, 5) is 24.4. The number of carbonyl (C=O) groups is 2. The summed E-state index contributed by atoms with van der Waals surface area (Å²) in [5.74, 6) is 0.336. The minimum absolute atomic E-state index is 0.0532. The van der Waals surface area contributed by atoms with Crippen molar-refractivity contribution >= 4 is 23.5 Å². The second-order valence-electron chi connectivity index (χ2n) is 5.93. The van der Waals surface area contributed by atoms with E-state index in [9.17, 15) is 9.59 Å². The standard InChI is InChI=1S/C20H19NO4/c1-12(2)25-18-13(7-6-10-17(18)24-3)11-16-14-8-4-5-9-15(14)19(22)21-20(16)23/h4-12H,1-3H3,(H,21,22,23)/b16-11-. The zero-order valence-electron chi connectivity index (χ0n) is 14.3. The van der Waals surface area contributed by atoms with Crippen molar-refractivity contribution in [1.29, 1.82) is 0 Å². The molecule has 0 spiro atoms. The molecule has 1 aliphatic heterocycles. The summed E-state index contributed by atoms with van der Waals surface area (Å²) < 4.78 is 11.3. The average molecular weight is 337 g/mol. The number of nitrogens with one attached hydrogen (secondary N) is 1. The Balaban J connectivity index is 2.17. The van der Waals surface area contributed by atoms with Gasteiger partial charge in [-0.2, -0.15) is 0 Å². The predicted molar refractivity (Wildman–Crippen MR) is 95.5 cm³/mol. The minimum atomic E-state index is -0.429. The SMILES string of the molecule is COc1cccc(/C=C2\C(=O)NC(=O)c3ccccc32)c1OC(C)C. The van der Waals surface area contributed by atoms with E-state index in [2.05, 4.69) is 5.32 Å². The maximum Gasteiger partial charge on any atom is 0.258 e. The molecule has 1 N–H and O–H groups in total. The first-order valence-corrected chi connectivity index (χ1v) is 8.01. The summed E-state index contributed by atoms with van der Waals surface area (Å²) in [5.41, 5.74) is 2.21. The molecule has 25 heavy (non-hydrogen) atoms. The lowest BCUT2D eigenvalue weighted by Crippen LogP contribution is -2.36. The number of benzene rings is 2. The van der Waals surface area contributed by atoms with Crippen LogP contribution in [0, 0.1) is 0 Å². The molecule has 1 aliphatic rings. The first-order valence-electron chi connectivity index (χ1n) is 8.01. The van der Waals surface area contributed by atoms with Gasteiger partial charge in [0.1, 0.15) is 0 Å². The Bertz CT molecular complexity index is 868. The number of rotatable bonds is 4. The van der Waals surface area contributed by atoms with Gasteiger partial charge >= 0.3 is 0 Å². The maximum absolute atomic E-state index is 12.4. The number of ether oxygens (including phenoxy) is 2. The molecule has 2 aromatic rings. The van der Waals surface area contributed by atoms with Crippen molar-refractivity contribution in [3.05, 3.63) is 59.2 Å². The maximum atomic E-state index is 12.4. The zero-order chi connectivity index (χ0) is 18.0. The number of carbonyl (C=O) groups excluding carboxylic acids is 2. The van der Waals surface area contributed by atoms with Crippen molar-refractivity contribution < 1.29 is 19.1 Å². The summed E-state index contributed by atoms with van der Waals surface area (Å²) in [5, 5.41) is 2.38. The summed E-state index contributed by atoms with van der Waals surface area (Å²) in [7, 11) is 1.57. The highest BCUT2D eigenvalue weighted by molar-refractivity contribution is 6.34. The van der Waals surface area contributed by atoms with Gasteiger partial charge in [0.25, 0.3) is 11.8 Å². The van der Waals surface area contributed by atoms with Crippen LogP contribution in [0.2, 0.25) is 0 Å². The van der Waals surface area contributed by atoms with Crippen LogP contribution in [-0.2, 0) is 4.79 Å². The van der Waals surface area contributed by atoms with Gasteiger partial charge in [-0.15, -0.1) is 0 Å². The third-order valence-electron chi connectivity index (χ3n) is 3.82. The van der Waals surface area contributed by atoms with Gasteiger partial charge in [0.15, 0.2) is 11.5 Å². The largest absolute Gasteiger partial charge is 0.493 e. The summed E-state index contributed by atoms with van der Waals surface area (Å²) in [6.07, 6.45) is 1.67. The lowest BCUT2D eigenvalue weighted by molar-refractivity contribution is -0.114. The van der Waals surface area contributed by atoms with Crippen LogP contribution in [0.5, 0.6) is 11.5 Å². The normalized spacial score (nSPS) is 15.1. The van der Waals surface area contributed by atoms with E-state index in [1.807, 2.05) is 26.0 Å². The molecule has 0 saturated carbocycles. The number of imide groups is 1. The van der Waals surface area contributed by atoms with Crippen molar-refractivity contribution in [3.63, 3.8) is 0 Å². The van der Waals surface area contributed by atoms with Crippen molar-refractivity contribution in [2.75, 3.05) is 7.11 Å². The van der Waals surface area contributed by atoms with E-state index >= 15 is 0 Å². The molecule has 3 rings (SSSR count). The van der Waals surface area contributed by atoms with Crippen molar-refractivity contribution in [2.45, 2.75) is 20.0 Å². The molecular weight excluding hydrogens is 318 g/mol. The molecule has 1 heterocycles. The second kappa shape index (κ2) is 6.81. The lowest BCUT2D eigenvalue weighted by Gasteiger charge is -2.20. The number of fused-ring (bicyclic) bond motifs is 1. The highest BCUT2D eigenvalue weighted by Gasteiger charge is 2.27. The topological polar surface area (TPSA) is 64.6 Å². The zero-order valence-corrected chi connectivity index (χ0v) is 14.3. The Morgan fingerprint density at radius 3 is 2.36 bits per heavy atom. The molecule has 0 aromatic heterocycles. The number of amides is 2. The molecule has 5 nitrogen and oxygen atoms in total. The van der Waals surface area contributed by atoms with Crippen LogP contribution in [0.4, 0.5) is 0 Å². The summed E-state index contributed by atoms with van der Waals surface area (Å²) in [6.45, 7) is 3.84. The third kappa shape index (κ3) is 3.26. The van der Waals surface area contributed by atoms with Crippen LogP contribution in [0.3, 0.4) is 0 Å². The fourth-order valence-electron chi connectivity index (χ4n) is 2.74. The highest BCUT2D eigenvalue weighted by Crippen LogP contribution is 2.35. The van der Waals surface area contributed by atoms with Crippen molar-refractivity contribution in [3.8, 4) is 11.5 Å². The lowest BCUT2D eigenvalue weighted by atomic mass is 9.93. The monoisotopic (exact) mass is 337 g/mol. The van der Waals surface area contributed by atoms with Crippen LogP contribution in [0.15, 0.2) is 42.5 Å². The van der Waals surface area contributed by atoms with Gasteiger partial charge in [0.05, 0.1) is 13.2 Å². The average Bonchev–Trinajstić information content (AvgIpc) is 2.59. The van der Waals surface area contributed by atoms with Crippen LogP contribution in [0.25, 0.3) is 11.6 Å². The number of hydrogen-bond donors (Lipinski definition) is 1. The molecular formula is C20H19NO4. The molecule has 2 aromatic carbocycles. The molecule has 0 atom stereocenters. The number of hydrogen-bond acceptors (Lipinski definition) is 4. The fourth-order valence-corrected chi connectivity index (χ4v) is 2.74. The summed E-state index contributed by atoms with van der Waals surface area (Å²) in [6, 6.07) is 12.5. The molecule has 0 bridgehead atoms. The Morgan fingerprint density at radius 2 is 1.68 bits per heavy atom. The molecule has 5 heteroatoms. The van der Waals surface area contributed by atoms with Gasteiger partial charge in [-0.1, -0.05) is 30.3 Å². The van der Waals surface area contributed by atoms with Gasteiger partial charge in [-0.25, -0.2) is 0 Å². The van der Waals surface area contributed by atoms with Crippen molar-refractivity contribution in [2.24, 2.45) is 0 Å². The first-order chi connectivity index (χ1) is 12.0. The van der Waals surface area contributed by atoms with E-state index in [-0.39, 0.29) is 12.0 Å². The van der Waals surface area contributed by atoms with Gasteiger partial charge in [-0.3, -0.25) is 14.9 Å². The summed E-state index contributed by atoms with van der Waals surface area (Å²) >= 11 is 0. The Hall–Kier alpha value is -3.08. The van der Waals surface area contributed by atoms with E-state index in [0.717, 1.165) is 0 Å². The van der Waals surface area contributed by atoms with Gasteiger partial charge < -0.3 is 9.47 Å². The molecule has 2 amide bonds. The Morgan fingerprint density at radius 1 is 0.960 bits per heavy atom. The van der Waals surface area contributed by atoms with Crippen LogP contribution in [-0.4, -0.2) is 25.0 Å². The smallest absolute Gasteiger partial charge is 0.258 e. The Labute approximate surface area is 146 Å². The van der Waals surface area contributed by atoms with Crippen LogP contribution >= 0.6 is 0 Å². The molecule has 0 saturated heterocycles. The first kappa shape index (κ1) is 16.8. The van der Waals surface area contributed by atoms with Gasteiger partial charge in [0.2, 0.25) is 0 Å². The van der Waals surface area contributed by atoms with E-state index in [1.54, 1.807) is 43.5 Å². The molecule has 0 unspecified atom stereocenters. The second-order valence-corrected chi connectivity index (χ2v) is 5.93.